The average Bonchev–Trinajstić information content (AvgIpc) is 2.79. The number of sulfonamides is 1. The Morgan fingerprint density at radius 1 is 0.875 bits per heavy atom. The SMILES string of the molecule is COc1ccc(NS(=O)(=O)c2cc(NC(=O)COc3ccccc3OC)ccc2C)cc1. The number of hydrogen-bond donors (Lipinski definition) is 2. The van der Waals surface area contributed by atoms with E-state index in [1.165, 1.54) is 20.3 Å². The van der Waals surface area contributed by atoms with Crippen LogP contribution in [0, 0.1) is 6.92 Å². The van der Waals surface area contributed by atoms with E-state index in [0.717, 1.165) is 0 Å². The molecule has 2 N–H and O–H groups in total. The van der Waals surface area contributed by atoms with E-state index in [1.807, 2.05) is 0 Å². The van der Waals surface area contributed by atoms with E-state index in [9.17, 15) is 13.2 Å². The third-order valence-corrected chi connectivity index (χ3v) is 6.05. The number of methoxy groups -OCH3 is 2. The minimum Gasteiger partial charge on any atom is -0.497 e. The molecule has 168 valence electrons. The van der Waals surface area contributed by atoms with Crippen LogP contribution in [-0.2, 0) is 14.8 Å². The van der Waals surface area contributed by atoms with Gasteiger partial charge in [-0.2, -0.15) is 0 Å². The van der Waals surface area contributed by atoms with Crippen LogP contribution in [0.25, 0.3) is 0 Å². The van der Waals surface area contributed by atoms with Gasteiger partial charge in [0.05, 0.1) is 19.1 Å². The largest absolute Gasteiger partial charge is 0.497 e. The van der Waals surface area contributed by atoms with Gasteiger partial charge in [0, 0.05) is 11.4 Å². The van der Waals surface area contributed by atoms with Crippen LogP contribution in [0.1, 0.15) is 5.56 Å². The Morgan fingerprint density at radius 3 is 2.19 bits per heavy atom. The van der Waals surface area contributed by atoms with Gasteiger partial charge in [0.25, 0.3) is 15.9 Å². The second kappa shape index (κ2) is 10.1. The first-order valence-corrected chi connectivity index (χ1v) is 11.1. The minimum atomic E-state index is -3.88. The van der Waals surface area contributed by atoms with Crippen LogP contribution in [0.2, 0.25) is 0 Å². The summed E-state index contributed by atoms with van der Waals surface area (Å²) in [5.41, 5.74) is 1.26. The number of hydrogen-bond acceptors (Lipinski definition) is 6. The summed E-state index contributed by atoms with van der Waals surface area (Å²) in [7, 11) is -0.834. The van der Waals surface area contributed by atoms with Crippen molar-refractivity contribution in [2.75, 3.05) is 30.9 Å². The Labute approximate surface area is 187 Å². The summed E-state index contributed by atoms with van der Waals surface area (Å²) in [6.45, 7) is 1.42. The number of benzene rings is 3. The van der Waals surface area contributed by atoms with Gasteiger partial charge in [-0.05, 0) is 61.0 Å². The average molecular weight is 457 g/mol. The van der Waals surface area contributed by atoms with Crippen molar-refractivity contribution in [3.05, 3.63) is 72.3 Å². The number of para-hydroxylation sites is 2. The summed E-state index contributed by atoms with van der Waals surface area (Å²) in [5.74, 6) is 1.12. The predicted molar refractivity (Wildman–Crippen MR) is 122 cm³/mol. The number of amides is 1. The summed E-state index contributed by atoms with van der Waals surface area (Å²) in [4.78, 5) is 12.4. The Morgan fingerprint density at radius 2 is 1.53 bits per heavy atom. The summed E-state index contributed by atoms with van der Waals surface area (Å²) in [5, 5.41) is 2.65. The fraction of sp³-hybridized carbons (Fsp3) is 0.174. The monoisotopic (exact) mass is 456 g/mol. The molecule has 0 unspecified atom stereocenters. The van der Waals surface area contributed by atoms with Gasteiger partial charge in [0.15, 0.2) is 18.1 Å². The smallest absolute Gasteiger partial charge is 0.262 e. The van der Waals surface area contributed by atoms with Gasteiger partial charge in [-0.15, -0.1) is 0 Å². The van der Waals surface area contributed by atoms with Crippen molar-refractivity contribution < 1.29 is 27.4 Å². The number of ether oxygens (including phenoxy) is 3. The quantitative estimate of drug-likeness (QED) is 0.507. The maximum Gasteiger partial charge on any atom is 0.262 e. The number of rotatable bonds is 9. The molecule has 0 aromatic heterocycles. The van der Waals surface area contributed by atoms with Crippen molar-refractivity contribution in [3.63, 3.8) is 0 Å². The molecule has 0 radical (unpaired) electrons. The zero-order valence-electron chi connectivity index (χ0n) is 17.9. The molecule has 0 spiro atoms. The molecule has 3 rings (SSSR count). The van der Waals surface area contributed by atoms with E-state index in [4.69, 9.17) is 14.2 Å². The first-order valence-electron chi connectivity index (χ1n) is 9.65. The maximum atomic E-state index is 12.9. The van der Waals surface area contributed by atoms with E-state index in [0.29, 0.717) is 34.2 Å². The van der Waals surface area contributed by atoms with Crippen molar-refractivity contribution in [1.82, 2.24) is 0 Å². The number of nitrogens with one attached hydrogen (secondary N) is 2. The van der Waals surface area contributed by atoms with E-state index >= 15 is 0 Å². The Bertz CT molecular complexity index is 1190. The molecular weight excluding hydrogens is 432 g/mol. The molecule has 3 aromatic rings. The summed E-state index contributed by atoms with van der Waals surface area (Å²) in [6, 6.07) is 18.1. The van der Waals surface area contributed by atoms with Crippen molar-refractivity contribution in [1.29, 1.82) is 0 Å². The van der Waals surface area contributed by atoms with Gasteiger partial charge < -0.3 is 19.5 Å². The normalized spacial score (nSPS) is 10.8. The second-order valence-corrected chi connectivity index (χ2v) is 8.45. The minimum absolute atomic E-state index is 0.0526. The second-order valence-electron chi connectivity index (χ2n) is 6.80. The highest BCUT2D eigenvalue weighted by Crippen LogP contribution is 2.26. The molecule has 0 heterocycles. The van der Waals surface area contributed by atoms with Crippen molar-refractivity contribution in [2.45, 2.75) is 11.8 Å². The molecule has 0 aliphatic heterocycles. The van der Waals surface area contributed by atoms with Crippen LogP contribution in [-0.4, -0.2) is 35.2 Å². The van der Waals surface area contributed by atoms with Crippen molar-refractivity contribution >= 4 is 27.3 Å². The number of anilines is 2. The maximum absolute atomic E-state index is 12.9. The van der Waals surface area contributed by atoms with Gasteiger partial charge in [0.1, 0.15) is 5.75 Å². The lowest BCUT2D eigenvalue weighted by Crippen LogP contribution is -2.21. The fourth-order valence-corrected chi connectivity index (χ4v) is 4.25. The summed E-state index contributed by atoms with van der Waals surface area (Å²) >= 11 is 0. The third-order valence-electron chi connectivity index (χ3n) is 4.53. The van der Waals surface area contributed by atoms with E-state index < -0.39 is 15.9 Å². The van der Waals surface area contributed by atoms with Gasteiger partial charge >= 0.3 is 0 Å². The van der Waals surface area contributed by atoms with Crippen molar-refractivity contribution in [3.8, 4) is 17.2 Å². The molecule has 0 saturated heterocycles. The highest BCUT2D eigenvalue weighted by Gasteiger charge is 2.18. The van der Waals surface area contributed by atoms with Gasteiger partial charge in [-0.3, -0.25) is 9.52 Å². The van der Waals surface area contributed by atoms with Crippen LogP contribution < -0.4 is 24.2 Å². The Balaban J connectivity index is 1.70. The molecule has 0 saturated carbocycles. The molecule has 3 aromatic carbocycles. The molecule has 8 nitrogen and oxygen atoms in total. The topological polar surface area (TPSA) is 103 Å². The summed E-state index contributed by atoms with van der Waals surface area (Å²) in [6.07, 6.45) is 0. The molecule has 1 amide bonds. The highest BCUT2D eigenvalue weighted by atomic mass is 32.2. The van der Waals surface area contributed by atoms with E-state index in [-0.39, 0.29) is 11.5 Å². The van der Waals surface area contributed by atoms with Gasteiger partial charge in [-0.25, -0.2) is 8.42 Å². The fourth-order valence-electron chi connectivity index (χ4n) is 2.91. The third kappa shape index (κ3) is 5.70. The lowest BCUT2D eigenvalue weighted by Gasteiger charge is -2.14. The standard InChI is InChI=1S/C23H24N2O6S/c1-16-8-9-18(24-23(26)15-31-21-7-5-4-6-20(21)30-3)14-22(16)32(27,28)25-17-10-12-19(29-2)13-11-17/h4-14,25H,15H2,1-3H3,(H,24,26). The lowest BCUT2D eigenvalue weighted by atomic mass is 10.2. The Hall–Kier alpha value is -3.72. The number of carbonyl (C=O) groups is 1. The summed E-state index contributed by atoms with van der Waals surface area (Å²) < 4.78 is 44.1. The zero-order chi connectivity index (χ0) is 23.1. The van der Waals surface area contributed by atoms with Crippen LogP contribution in [0.4, 0.5) is 11.4 Å². The highest BCUT2D eigenvalue weighted by molar-refractivity contribution is 7.92. The molecule has 0 fully saturated rings. The first-order chi connectivity index (χ1) is 15.3. The van der Waals surface area contributed by atoms with E-state index in [2.05, 4.69) is 10.0 Å². The zero-order valence-corrected chi connectivity index (χ0v) is 18.7. The molecular formula is C23H24N2O6S. The molecule has 32 heavy (non-hydrogen) atoms. The van der Waals surface area contributed by atoms with Crippen LogP contribution in [0.15, 0.2) is 71.6 Å². The lowest BCUT2D eigenvalue weighted by molar-refractivity contribution is -0.118. The van der Waals surface area contributed by atoms with Crippen LogP contribution in [0.3, 0.4) is 0 Å². The van der Waals surface area contributed by atoms with Crippen LogP contribution >= 0.6 is 0 Å². The first kappa shape index (κ1) is 23.0. The van der Waals surface area contributed by atoms with Crippen molar-refractivity contribution in [2.24, 2.45) is 0 Å². The number of aryl methyl sites for hydroxylation is 1. The molecule has 0 aliphatic rings. The van der Waals surface area contributed by atoms with Crippen LogP contribution in [0.5, 0.6) is 17.2 Å². The molecule has 0 aliphatic carbocycles. The van der Waals surface area contributed by atoms with Gasteiger partial charge in [-0.1, -0.05) is 18.2 Å². The van der Waals surface area contributed by atoms with E-state index in [1.54, 1.807) is 67.6 Å². The number of carbonyl (C=O) groups excluding carboxylic acids is 1. The molecule has 9 heteroatoms. The predicted octanol–water partition coefficient (Wildman–Crippen LogP) is 3.83. The Kier molecular flexibility index (Phi) is 7.21. The molecule has 0 bridgehead atoms. The van der Waals surface area contributed by atoms with Gasteiger partial charge in [0.2, 0.25) is 0 Å². The molecule has 0 atom stereocenters.